The average Bonchev–Trinajstić information content (AvgIpc) is 3.42. The molecule has 44 heavy (non-hydrogen) atoms. The van der Waals surface area contributed by atoms with Gasteiger partial charge < -0.3 is 24.8 Å². The molecule has 1 aliphatic heterocycles. The van der Waals surface area contributed by atoms with Gasteiger partial charge in [-0.3, -0.25) is 4.79 Å². The van der Waals surface area contributed by atoms with Crippen LogP contribution < -0.4 is 24.8 Å². The van der Waals surface area contributed by atoms with E-state index >= 15 is 0 Å². The highest BCUT2D eigenvalue weighted by Crippen LogP contribution is 2.44. The fraction of sp³-hybridized carbons (Fsp3) is 0.303. The molecule has 1 aliphatic rings. The van der Waals surface area contributed by atoms with Crippen molar-refractivity contribution in [3.63, 3.8) is 0 Å². The molecule has 230 valence electrons. The number of hydrogen-bond acceptors (Lipinski definition) is 8. The highest BCUT2D eigenvalue weighted by atomic mass is 79.9. The molecule has 0 radical (unpaired) electrons. The maximum absolute atomic E-state index is 14.1. The summed E-state index contributed by atoms with van der Waals surface area (Å²) in [6, 6.07) is 20.6. The Bertz CT molecular complexity index is 1640. The molecule has 0 saturated carbocycles. The van der Waals surface area contributed by atoms with Gasteiger partial charge in [-0.2, -0.15) is 4.98 Å². The molecule has 2 N–H and O–H groups in total. The quantitative estimate of drug-likeness (QED) is 0.138. The molecule has 0 spiro atoms. The van der Waals surface area contributed by atoms with Gasteiger partial charge in [0.2, 0.25) is 11.1 Å². The predicted molar refractivity (Wildman–Crippen MR) is 178 cm³/mol. The van der Waals surface area contributed by atoms with Crippen LogP contribution in [-0.4, -0.2) is 39.6 Å². The summed E-state index contributed by atoms with van der Waals surface area (Å²) in [6.45, 7) is 9.13. The largest absolute Gasteiger partial charge is 0.492 e. The zero-order valence-corrected chi connectivity index (χ0v) is 27.6. The molecule has 3 aromatic carbocycles. The number of aromatic nitrogens is 3. The van der Waals surface area contributed by atoms with E-state index in [1.807, 2.05) is 87.5 Å². The lowest BCUT2D eigenvalue weighted by molar-refractivity contribution is -0.113. The summed E-state index contributed by atoms with van der Waals surface area (Å²) in [7, 11) is 0. The monoisotopic (exact) mass is 677 g/mol. The highest BCUT2D eigenvalue weighted by Gasteiger charge is 2.36. The van der Waals surface area contributed by atoms with Crippen molar-refractivity contribution in [1.82, 2.24) is 14.8 Å². The Morgan fingerprint density at radius 3 is 2.48 bits per heavy atom. The number of carbonyl (C=O) groups excluding carboxylic acids is 1. The van der Waals surface area contributed by atoms with Crippen molar-refractivity contribution in [1.29, 1.82) is 0 Å². The van der Waals surface area contributed by atoms with Crippen LogP contribution in [0.5, 0.6) is 17.2 Å². The minimum atomic E-state index is -0.604. The van der Waals surface area contributed by atoms with Crippen molar-refractivity contribution >= 4 is 45.2 Å². The Labute approximate surface area is 270 Å². The number of amides is 1. The number of rotatable bonds is 13. The summed E-state index contributed by atoms with van der Waals surface area (Å²) in [5.41, 5.74) is 3.58. The molecule has 9 nitrogen and oxygen atoms in total. The van der Waals surface area contributed by atoms with Gasteiger partial charge in [-0.05, 0) is 78.5 Å². The molecule has 4 aromatic rings. The number of fused-ring (bicyclic) bond motifs is 1. The summed E-state index contributed by atoms with van der Waals surface area (Å²) < 4.78 is 20.6. The van der Waals surface area contributed by atoms with Crippen molar-refractivity contribution in [2.75, 3.05) is 29.6 Å². The van der Waals surface area contributed by atoms with E-state index in [2.05, 4.69) is 33.5 Å². The minimum Gasteiger partial charge on any atom is -0.492 e. The molecule has 0 fully saturated rings. The highest BCUT2D eigenvalue weighted by molar-refractivity contribution is 9.10. The number of hydrogen-bond donors (Lipinski definition) is 2. The first-order valence-corrected chi connectivity index (χ1v) is 16.4. The summed E-state index contributed by atoms with van der Waals surface area (Å²) in [6.07, 6.45) is 0.991. The van der Waals surface area contributed by atoms with Crippen LogP contribution in [0.15, 0.2) is 87.6 Å². The first-order chi connectivity index (χ1) is 21.4. The second kappa shape index (κ2) is 14.7. The van der Waals surface area contributed by atoms with Crippen LogP contribution in [0.3, 0.4) is 0 Å². The van der Waals surface area contributed by atoms with Crippen molar-refractivity contribution in [2.45, 2.75) is 51.9 Å². The number of nitrogens with zero attached hydrogens (tertiary/aromatic N) is 3. The predicted octanol–water partition coefficient (Wildman–Crippen LogP) is 7.85. The van der Waals surface area contributed by atoms with Gasteiger partial charge in [0, 0.05) is 11.4 Å². The van der Waals surface area contributed by atoms with Gasteiger partial charge >= 0.3 is 0 Å². The van der Waals surface area contributed by atoms with Crippen molar-refractivity contribution in [3.8, 4) is 17.2 Å². The van der Waals surface area contributed by atoms with E-state index in [9.17, 15) is 4.79 Å². The number of ether oxygens (including phenoxy) is 3. The number of anilines is 2. The van der Waals surface area contributed by atoms with Crippen molar-refractivity contribution < 1.29 is 19.0 Å². The third-order valence-electron chi connectivity index (χ3n) is 6.82. The molecule has 0 aliphatic carbocycles. The van der Waals surface area contributed by atoms with Crippen LogP contribution in [0.2, 0.25) is 0 Å². The number of thioether (sulfide) groups is 1. The van der Waals surface area contributed by atoms with Crippen molar-refractivity contribution in [2.24, 2.45) is 0 Å². The second-order valence-electron chi connectivity index (χ2n) is 10.00. The van der Waals surface area contributed by atoms with E-state index in [1.54, 1.807) is 16.4 Å². The van der Waals surface area contributed by atoms with E-state index in [0.29, 0.717) is 69.6 Å². The fourth-order valence-corrected chi connectivity index (χ4v) is 6.17. The number of para-hydroxylation sites is 2. The average molecular weight is 679 g/mol. The Kier molecular flexibility index (Phi) is 10.5. The topological polar surface area (TPSA) is 99.5 Å². The van der Waals surface area contributed by atoms with Crippen LogP contribution >= 0.6 is 27.7 Å². The van der Waals surface area contributed by atoms with Crippen LogP contribution in [0, 0.1) is 0 Å². The lowest BCUT2D eigenvalue weighted by Gasteiger charge is -2.29. The van der Waals surface area contributed by atoms with Gasteiger partial charge in [-0.25, -0.2) is 4.68 Å². The number of halogens is 1. The van der Waals surface area contributed by atoms with E-state index in [-0.39, 0.29) is 5.91 Å². The maximum Gasteiger partial charge on any atom is 0.255 e. The number of benzene rings is 3. The molecule has 1 amide bonds. The summed E-state index contributed by atoms with van der Waals surface area (Å²) in [5.74, 6) is 2.92. The molecule has 11 heteroatoms. The van der Waals surface area contributed by atoms with Gasteiger partial charge in [-0.15, -0.1) is 5.10 Å². The van der Waals surface area contributed by atoms with Gasteiger partial charge in [0.1, 0.15) is 18.4 Å². The van der Waals surface area contributed by atoms with E-state index in [0.717, 1.165) is 23.3 Å². The smallest absolute Gasteiger partial charge is 0.255 e. The van der Waals surface area contributed by atoms with Gasteiger partial charge in [0.05, 0.1) is 28.9 Å². The lowest BCUT2D eigenvalue weighted by atomic mass is 9.94. The van der Waals surface area contributed by atoms with Gasteiger partial charge in [0.25, 0.3) is 5.91 Å². The van der Waals surface area contributed by atoms with E-state index in [1.165, 1.54) is 0 Å². The maximum atomic E-state index is 14.1. The van der Waals surface area contributed by atoms with Gasteiger partial charge in [-0.1, -0.05) is 61.2 Å². The van der Waals surface area contributed by atoms with Gasteiger partial charge in [0.15, 0.2) is 11.5 Å². The third-order valence-corrected chi connectivity index (χ3v) is 8.45. The Hall–Kier alpha value is -3.96. The molecule has 2 heterocycles. The summed E-state index contributed by atoms with van der Waals surface area (Å²) >= 11 is 5.32. The van der Waals surface area contributed by atoms with Crippen molar-refractivity contribution in [3.05, 3.63) is 93.6 Å². The molecule has 1 atom stereocenters. The first-order valence-electron chi connectivity index (χ1n) is 14.7. The third kappa shape index (κ3) is 7.05. The number of carbonyl (C=O) groups is 1. The second-order valence-corrected chi connectivity index (χ2v) is 11.9. The van der Waals surface area contributed by atoms with E-state index < -0.39 is 6.04 Å². The van der Waals surface area contributed by atoms with Crippen LogP contribution in [0.4, 0.5) is 11.6 Å². The Balaban J connectivity index is 1.57. The SMILES string of the molecule is CCCSc1nc2n(n1)C(c1cc(Br)c(OCc3ccccc3)c(OCC)c1)C(C(=O)Nc1ccccc1OCC)=C(C)N2. The standard InChI is InChI=1S/C33H36BrN5O4S/c1-5-17-44-33-37-32-35-21(4)28(31(40)36-25-15-11-12-16-26(25)41-6-2)29(39(32)38-33)23-18-24(34)30(27(19-23)42-7-3)43-20-22-13-9-8-10-14-22/h8-16,18-19,29H,5-7,17,20H2,1-4H3,(H,36,40)(H,35,37,38). The molecule has 0 saturated heterocycles. The molecule has 5 rings (SSSR count). The number of allylic oxidation sites excluding steroid dienone is 1. The number of nitrogens with one attached hydrogen (secondary N) is 2. The van der Waals surface area contributed by atoms with Crippen LogP contribution in [0.25, 0.3) is 0 Å². The molecule has 1 aromatic heterocycles. The molecular weight excluding hydrogens is 642 g/mol. The molecule has 0 bridgehead atoms. The Morgan fingerprint density at radius 1 is 1.00 bits per heavy atom. The fourth-order valence-electron chi connectivity index (χ4n) is 4.91. The molecular formula is C33H36BrN5O4S. The first kappa shape index (κ1) is 31.5. The Morgan fingerprint density at radius 2 is 1.73 bits per heavy atom. The van der Waals surface area contributed by atoms with Crippen LogP contribution in [-0.2, 0) is 11.4 Å². The molecule has 1 unspecified atom stereocenters. The summed E-state index contributed by atoms with van der Waals surface area (Å²) in [4.78, 5) is 18.9. The minimum absolute atomic E-state index is 0.283. The normalized spacial score (nSPS) is 14.1. The van der Waals surface area contributed by atoms with Crippen LogP contribution in [0.1, 0.15) is 51.3 Å². The zero-order valence-electron chi connectivity index (χ0n) is 25.2. The lowest BCUT2D eigenvalue weighted by Crippen LogP contribution is -2.31. The van der Waals surface area contributed by atoms with E-state index in [4.69, 9.17) is 24.3 Å². The summed E-state index contributed by atoms with van der Waals surface area (Å²) in [5, 5.41) is 11.9. The zero-order chi connectivity index (χ0) is 31.1.